The van der Waals surface area contributed by atoms with E-state index in [9.17, 15) is 9.90 Å². The summed E-state index contributed by atoms with van der Waals surface area (Å²) in [6, 6.07) is 9.71. The number of carbonyl (C=O) groups is 1. The number of amides is 2. The molecule has 11 heteroatoms. The highest BCUT2D eigenvalue weighted by atomic mass is 35.5. The Balaban J connectivity index is 1.59. The van der Waals surface area contributed by atoms with Crippen molar-refractivity contribution >= 4 is 46.5 Å². The van der Waals surface area contributed by atoms with Crippen molar-refractivity contribution in [1.29, 1.82) is 0 Å². The first-order valence-corrected chi connectivity index (χ1v) is 10.7. The average molecular weight is 482 g/mol. The SMILES string of the molecule is Cc1nnc(C2C[C@H](O)CN2C(=O)Nc2ccc(Cl)nc2Cl)n1Cc1ccc(Cl)cc1. The number of likely N-dealkylation sites (tertiary alicyclic amines) is 1. The number of pyridine rings is 1. The molecule has 2 atom stereocenters. The number of nitrogens with zero attached hydrogens (tertiary/aromatic N) is 5. The van der Waals surface area contributed by atoms with E-state index < -0.39 is 18.2 Å². The minimum atomic E-state index is -0.685. The van der Waals surface area contributed by atoms with Gasteiger partial charge in [-0.3, -0.25) is 0 Å². The molecule has 1 aliphatic heterocycles. The fourth-order valence-electron chi connectivity index (χ4n) is 3.59. The Labute approximate surface area is 193 Å². The molecule has 3 heterocycles. The molecule has 1 fully saturated rings. The number of nitrogens with one attached hydrogen (secondary N) is 1. The number of aliphatic hydroxyl groups is 1. The number of hydrogen-bond acceptors (Lipinski definition) is 5. The van der Waals surface area contributed by atoms with E-state index in [1.54, 1.807) is 6.07 Å². The van der Waals surface area contributed by atoms with Crippen molar-refractivity contribution in [2.24, 2.45) is 0 Å². The van der Waals surface area contributed by atoms with Crippen LogP contribution in [-0.4, -0.2) is 48.4 Å². The van der Waals surface area contributed by atoms with Crippen LogP contribution in [0.4, 0.5) is 10.5 Å². The molecule has 2 aromatic heterocycles. The first-order chi connectivity index (χ1) is 14.8. The fourth-order valence-corrected chi connectivity index (χ4v) is 4.11. The number of aliphatic hydroxyl groups excluding tert-OH is 1. The van der Waals surface area contributed by atoms with Crippen LogP contribution in [0.15, 0.2) is 36.4 Å². The normalized spacial score (nSPS) is 18.4. The second-order valence-corrected chi connectivity index (χ2v) is 8.46. The van der Waals surface area contributed by atoms with Gasteiger partial charge in [0, 0.05) is 18.0 Å². The number of urea groups is 1. The Bertz CT molecular complexity index is 1100. The summed E-state index contributed by atoms with van der Waals surface area (Å²) < 4.78 is 1.93. The van der Waals surface area contributed by atoms with Crippen LogP contribution in [0.3, 0.4) is 0 Å². The van der Waals surface area contributed by atoms with E-state index in [2.05, 4.69) is 20.5 Å². The number of rotatable bonds is 4. The third kappa shape index (κ3) is 4.77. The topological polar surface area (TPSA) is 96.2 Å². The van der Waals surface area contributed by atoms with E-state index in [4.69, 9.17) is 34.8 Å². The fraction of sp³-hybridized carbons (Fsp3) is 0.300. The number of β-amino-alcohol motifs (C(OH)–C–C–N with tert-alkyl or cyclic N) is 1. The molecule has 162 valence electrons. The van der Waals surface area contributed by atoms with Crippen LogP contribution >= 0.6 is 34.8 Å². The highest BCUT2D eigenvalue weighted by Gasteiger charge is 2.38. The second kappa shape index (κ2) is 9.00. The molecule has 1 saturated heterocycles. The zero-order valence-corrected chi connectivity index (χ0v) is 18.7. The van der Waals surface area contributed by atoms with Crippen molar-refractivity contribution < 1.29 is 9.90 Å². The summed E-state index contributed by atoms with van der Waals surface area (Å²) in [5.41, 5.74) is 1.34. The van der Waals surface area contributed by atoms with Gasteiger partial charge in [0.25, 0.3) is 0 Å². The van der Waals surface area contributed by atoms with Gasteiger partial charge in [0.05, 0.1) is 24.4 Å². The standard InChI is InChI=1S/C20H19Cl3N6O2/c1-11-26-27-19(28(11)9-12-2-4-13(21)5-3-12)16-8-14(30)10-29(16)20(31)24-15-6-7-17(22)25-18(15)23/h2-7,14,16,30H,8-10H2,1H3,(H,24,31)/t14-,16?/m0/s1. The maximum atomic E-state index is 13.0. The van der Waals surface area contributed by atoms with Gasteiger partial charge in [0.1, 0.15) is 11.0 Å². The molecule has 1 aliphatic rings. The minimum Gasteiger partial charge on any atom is -0.391 e. The van der Waals surface area contributed by atoms with Gasteiger partial charge in [-0.2, -0.15) is 0 Å². The first kappa shape index (κ1) is 21.8. The molecule has 0 radical (unpaired) electrons. The van der Waals surface area contributed by atoms with Gasteiger partial charge in [-0.25, -0.2) is 9.78 Å². The molecule has 0 spiro atoms. The summed E-state index contributed by atoms with van der Waals surface area (Å²) in [4.78, 5) is 18.5. The molecule has 4 rings (SSSR count). The maximum absolute atomic E-state index is 13.0. The van der Waals surface area contributed by atoms with Crippen molar-refractivity contribution in [3.05, 3.63) is 68.9 Å². The summed E-state index contributed by atoms with van der Waals surface area (Å²) in [5, 5.41) is 22.5. The van der Waals surface area contributed by atoms with Crippen LogP contribution in [0.25, 0.3) is 0 Å². The third-order valence-corrected chi connectivity index (χ3v) is 5.86. The van der Waals surface area contributed by atoms with Gasteiger partial charge in [-0.15, -0.1) is 10.2 Å². The largest absolute Gasteiger partial charge is 0.391 e. The molecule has 1 aromatic carbocycles. The predicted octanol–water partition coefficient (Wildman–Crippen LogP) is 4.33. The molecular weight excluding hydrogens is 463 g/mol. The van der Waals surface area contributed by atoms with E-state index in [1.807, 2.05) is 35.8 Å². The molecule has 0 saturated carbocycles. The van der Waals surface area contributed by atoms with E-state index >= 15 is 0 Å². The Kier molecular flexibility index (Phi) is 6.34. The van der Waals surface area contributed by atoms with Crippen LogP contribution in [-0.2, 0) is 6.54 Å². The lowest BCUT2D eigenvalue weighted by atomic mass is 10.1. The molecule has 0 bridgehead atoms. The van der Waals surface area contributed by atoms with Crippen LogP contribution in [0.2, 0.25) is 15.3 Å². The summed E-state index contributed by atoms with van der Waals surface area (Å²) >= 11 is 17.9. The smallest absolute Gasteiger partial charge is 0.322 e. The maximum Gasteiger partial charge on any atom is 0.322 e. The lowest BCUT2D eigenvalue weighted by Crippen LogP contribution is -2.36. The Morgan fingerprint density at radius 1 is 1.16 bits per heavy atom. The highest BCUT2D eigenvalue weighted by molar-refractivity contribution is 6.34. The van der Waals surface area contributed by atoms with E-state index in [0.29, 0.717) is 35.3 Å². The molecule has 8 nitrogen and oxygen atoms in total. The summed E-state index contributed by atoms with van der Waals surface area (Å²) in [6.45, 7) is 2.52. The Morgan fingerprint density at radius 2 is 1.90 bits per heavy atom. The van der Waals surface area contributed by atoms with Crippen LogP contribution in [0, 0.1) is 6.92 Å². The summed E-state index contributed by atoms with van der Waals surface area (Å²) in [7, 11) is 0. The van der Waals surface area contributed by atoms with Crippen molar-refractivity contribution in [2.45, 2.75) is 32.0 Å². The monoisotopic (exact) mass is 480 g/mol. The summed E-state index contributed by atoms with van der Waals surface area (Å²) in [6.07, 6.45) is -0.339. The molecule has 2 N–H and O–H groups in total. The quantitative estimate of drug-likeness (QED) is 0.541. The molecule has 0 aliphatic carbocycles. The number of halogens is 3. The molecule has 1 unspecified atom stereocenters. The van der Waals surface area contributed by atoms with E-state index in [0.717, 1.165) is 5.56 Å². The molecular formula is C20H19Cl3N6O2. The zero-order chi connectivity index (χ0) is 22.1. The number of aryl methyl sites for hydroxylation is 1. The van der Waals surface area contributed by atoms with Crippen LogP contribution < -0.4 is 5.32 Å². The van der Waals surface area contributed by atoms with Crippen molar-refractivity contribution in [3.8, 4) is 0 Å². The van der Waals surface area contributed by atoms with Crippen LogP contribution in [0.5, 0.6) is 0 Å². The third-order valence-electron chi connectivity index (χ3n) is 5.11. The number of carbonyl (C=O) groups excluding carboxylic acids is 1. The van der Waals surface area contributed by atoms with Crippen LogP contribution in [0.1, 0.15) is 29.7 Å². The van der Waals surface area contributed by atoms with Crippen molar-refractivity contribution in [3.63, 3.8) is 0 Å². The van der Waals surface area contributed by atoms with Crippen molar-refractivity contribution in [2.75, 3.05) is 11.9 Å². The zero-order valence-electron chi connectivity index (χ0n) is 16.5. The molecule has 3 aromatic rings. The van der Waals surface area contributed by atoms with Gasteiger partial charge >= 0.3 is 6.03 Å². The average Bonchev–Trinajstić information content (AvgIpc) is 3.28. The van der Waals surface area contributed by atoms with Gasteiger partial charge in [0.2, 0.25) is 0 Å². The second-order valence-electron chi connectivity index (χ2n) is 7.28. The van der Waals surface area contributed by atoms with Gasteiger partial charge in [0.15, 0.2) is 11.0 Å². The van der Waals surface area contributed by atoms with Gasteiger partial charge in [-0.1, -0.05) is 46.9 Å². The number of benzene rings is 1. The van der Waals surface area contributed by atoms with E-state index in [-0.39, 0.29) is 16.9 Å². The predicted molar refractivity (Wildman–Crippen MR) is 119 cm³/mol. The minimum absolute atomic E-state index is 0.0823. The molecule has 31 heavy (non-hydrogen) atoms. The molecule has 2 amide bonds. The highest BCUT2D eigenvalue weighted by Crippen LogP contribution is 2.33. The van der Waals surface area contributed by atoms with Gasteiger partial charge in [-0.05, 0) is 36.8 Å². The number of hydrogen-bond donors (Lipinski definition) is 2. The number of anilines is 1. The lowest BCUT2D eigenvalue weighted by molar-refractivity contribution is 0.175. The van der Waals surface area contributed by atoms with Crippen molar-refractivity contribution in [1.82, 2.24) is 24.6 Å². The number of aromatic nitrogens is 4. The van der Waals surface area contributed by atoms with E-state index in [1.165, 1.54) is 11.0 Å². The summed E-state index contributed by atoms with van der Waals surface area (Å²) in [5.74, 6) is 1.30. The lowest BCUT2D eigenvalue weighted by Gasteiger charge is -2.25. The van der Waals surface area contributed by atoms with Gasteiger partial charge < -0.3 is 19.9 Å². The Morgan fingerprint density at radius 3 is 2.61 bits per heavy atom. The Hall–Kier alpha value is -2.39. The first-order valence-electron chi connectivity index (χ1n) is 9.53.